The van der Waals surface area contributed by atoms with Gasteiger partial charge >= 0.3 is 0 Å². The van der Waals surface area contributed by atoms with E-state index in [4.69, 9.17) is 11.6 Å². The molecule has 2 N–H and O–H groups in total. The Morgan fingerprint density at radius 3 is 2.56 bits per heavy atom. The van der Waals surface area contributed by atoms with E-state index >= 15 is 0 Å². The quantitative estimate of drug-likeness (QED) is 0.705. The van der Waals surface area contributed by atoms with Gasteiger partial charge in [0.05, 0.1) is 6.42 Å². The summed E-state index contributed by atoms with van der Waals surface area (Å²) >= 11 is 5.87. The molecule has 6 heteroatoms. The first-order valence-corrected chi connectivity index (χ1v) is 8.29. The predicted molar refractivity (Wildman–Crippen MR) is 95.9 cm³/mol. The summed E-state index contributed by atoms with van der Waals surface area (Å²) in [4.78, 5) is 19.4. The van der Waals surface area contributed by atoms with Gasteiger partial charge in [0.1, 0.15) is 11.6 Å². The lowest BCUT2D eigenvalue weighted by Gasteiger charge is -2.04. The van der Waals surface area contributed by atoms with Gasteiger partial charge < -0.3 is 10.3 Å². The molecule has 1 amide bonds. The molecule has 2 aromatic carbocycles. The fourth-order valence-electron chi connectivity index (χ4n) is 2.44. The van der Waals surface area contributed by atoms with Crippen LogP contribution < -0.4 is 5.32 Å². The van der Waals surface area contributed by atoms with Crippen molar-refractivity contribution < 1.29 is 9.18 Å². The highest BCUT2D eigenvalue weighted by Crippen LogP contribution is 2.18. The number of benzene rings is 2. The Hall–Kier alpha value is -2.66. The molecule has 25 heavy (non-hydrogen) atoms. The van der Waals surface area contributed by atoms with Crippen LogP contribution in [0.2, 0.25) is 5.02 Å². The van der Waals surface area contributed by atoms with Crippen molar-refractivity contribution >= 4 is 17.5 Å². The van der Waals surface area contributed by atoms with Crippen molar-refractivity contribution in [1.82, 2.24) is 15.3 Å². The van der Waals surface area contributed by atoms with E-state index in [1.165, 1.54) is 12.1 Å². The second-order valence-corrected chi connectivity index (χ2v) is 6.10. The lowest BCUT2D eigenvalue weighted by Crippen LogP contribution is -2.27. The maximum absolute atomic E-state index is 12.8. The molecular weight excluding hydrogens is 341 g/mol. The third-order valence-corrected chi connectivity index (χ3v) is 4.00. The zero-order valence-electron chi connectivity index (χ0n) is 13.4. The summed E-state index contributed by atoms with van der Waals surface area (Å²) in [6.45, 7) is 0.503. The number of halogens is 2. The summed E-state index contributed by atoms with van der Waals surface area (Å²) in [6.07, 6.45) is 2.54. The standard InChI is InChI=1S/C19H17ClFN3O/c20-15-5-3-14(4-6-15)19-23-12-17(24-19)11-18(25)22-10-9-13-1-7-16(21)8-2-13/h1-8,12H,9-11H2,(H,22,25)(H,23,24). The smallest absolute Gasteiger partial charge is 0.226 e. The second-order valence-electron chi connectivity index (χ2n) is 5.67. The molecule has 0 fully saturated rings. The summed E-state index contributed by atoms with van der Waals surface area (Å²) in [5.74, 6) is 0.350. The van der Waals surface area contributed by atoms with E-state index in [-0.39, 0.29) is 18.1 Å². The van der Waals surface area contributed by atoms with Crippen LogP contribution in [0.4, 0.5) is 4.39 Å². The molecule has 0 bridgehead atoms. The molecule has 0 aliphatic heterocycles. The Morgan fingerprint density at radius 2 is 1.84 bits per heavy atom. The van der Waals surface area contributed by atoms with Crippen molar-refractivity contribution in [2.45, 2.75) is 12.8 Å². The fourth-order valence-corrected chi connectivity index (χ4v) is 2.56. The number of imidazole rings is 1. The number of aromatic amines is 1. The number of rotatable bonds is 6. The van der Waals surface area contributed by atoms with Gasteiger partial charge in [0.15, 0.2) is 0 Å². The SMILES string of the molecule is O=C(Cc1cnc(-c2ccc(Cl)cc2)[nH]1)NCCc1ccc(F)cc1. The van der Waals surface area contributed by atoms with Crippen LogP contribution in [0.5, 0.6) is 0 Å². The van der Waals surface area contributed by atoms with Gasteiger partial charge in [-0.15, -0.1) is 0 Å². The summed E-state index contributed by atoms with van der Waals surface area (Å²) in [6, 6.07) is 13.6. The summed E-state index contributed by atoms with van der Waals surface area (Å²) in [5, 5.41) is 3.52. The van der Waals surface area contributed by atoms with E-state index in [1.807, 2.05) is 12.1 Å². The van der Waals surface area contributed by atoms with Gasteiger partial charge in [-0.2, -0.15) is 0 Å². The minimum Gasteiger partial charge on any atom is -0.355 e. The first kappa shape index (κ1) is 17.2. The van der Waals surface area contributed by atoms with Crippen LogP contribution >= 0.6 is 11.6 Å². The minimum absolute atomic E-state index is 0.0894. The maximum Gasteiger partial charge on any atom is 0.226 e. The lowest BCUT2D eigenvalue weighted by atomic mass is 10.1. The Bertz CT molecular complexity index is 844. The highest BCUT2D eigenvalue weighted by molar-refractivity contribution is 6.30. The third-order valence-electron chi connectivity index (χ3n) is 3.75. The largest absolute Gasteiger partial charge is 0.355 e. The normalized spacial score (nSPS) is 10.6. The molecule has 1 aromatic heterocycles. The van der Waals surface area contributed by atoms with Crippen LogP contribution in [0, 0.1) is 5.82 Å². The Kier molecular flexibility index (Phi) is 5.46. The Balaban J connectivity index is 1.49. The maximum atomic E-state index is 12.8. The summed E-state index contributed by atoms with van der Waals surface area (Å²) < 4.78 is 12.8. The monoisotopic (exact) mass is 357 g/mol. The Morgan fingerprint density at radius 1 is 1.12 bits per heavy atom. The van der Waals surface area contributed by atoms with E-state index in [1.54, 1.807) is 30.5 Å². The highest BCUT2D eigenvalue weighted by atomic mass is 35.5. The van der Waals surface area contributed by atoms with Gasteiger partial charge in [-0.3, -0.25) is 4.79 Å². The first-order chi connectivity index (χ1) is 12.1. The molecule has 0 radical (unpaired) electrons. The number of nitrogens with zero attached hydrogens (tertiary/aromatic N) is 1. The highest BCUT2D eigenvalue weighted by Gasteiger charge is 2.08. The molecule has 1 heterocycles. The molecule has 0 unspecified atom stereocenters. The van der Waals surface area contributed by atoms with E-state index < -0.39 is 0 Å². The number of carbonyl (C=O) groups is 1. The van der Waals surface area contributed by atoms with Crippen molar-refractivity contribution in [2.75, 3.05) is 6.54 Å². The first-order valence-electron chi connectivity index (χ1n) is 7.91. The predicted octanol–water partition coefficient (Wildman–Crippen LogP) is 3.77. The molecule has 4 nitrogen and oxygen atoms in total. The lowest BCUT2D eigenvalue weighted by molar-refractivity contribution is -0.120. The van der Waals surface area contributed by atoms with Crippen LogP contribution in [0.15, 0.2) is 54.7 Å². The zero-order valence-corrected chi connectivity index (χ0v) is 14.2. The van der Waals surface area contributed by atoms with Crippen molar-refractivity contribution in [2.24, 2.45) is 0 Å². The fraction of sp³-hybridized carbons (Fsp3) is 0.158. The van der Waals surface area contributed by atoms with Crippen molar-refractivity contribution in [3.8, 4) is 11.4 Å². The van der Waals surface area contributed by atoms with Gasteiger partial charge in [0, 0.05) is 29.0 Å². The summed E-state index contributed by atoms with van der Waals surface area (Å²) in [7, 11) is 0. The van der Waals surface area contributed by atoms with Crippen LogP contribution in [0.3, 0.4) is 0 Å². The van der Waals surface area contributed by atoms with Crippen LogP contribution in [0.1, 0.15) is 11.3 Å². The number of H-pyrrole nitrogens is 1. The van der Waals surface area contributed by atoms with Gasteiger partial charge in [-0.1, -0.05) is 23.7 Å². The zero-order chi connectivity index (χ0) is 17.6. The molecule has 0 aliphatic rings. The molecule has 3 rings (SSSR count). The number of aromatic nitrogens is 2. The molecule has 128 valence electrons. The number of hydrogen-bond acceptors (Lipinski definition) is 2. The van der Waals surface area contributed by atoms with Gasteiger partial charge in [-0.05, 0) is 48.4 Å². The molecule has 0 saturated heterocycles. The molecule has 0 atom stereocenters. The molecule has 0 spiro atoms. The van der Waals surface area contributed by atoms with E-state index in [0.717, 1.165) is 16.8 Å². The van der Waals surface area contributed by atoms with Crippen molar-refractivity contribution in [3.63, 3.8) is 0 Å². The van der Waals surface area contributed by atoms with Crippen molar-refractivity contribution in [3.05, 3.63) is 76.8 Å². The second kappa shape index (κ2) is 7.94. The average Bonchev–Trinajstić information content (AvgIpc) is 3.06. The molecule has 0 aliphatic carbocycles. The molecular formula is C19H17ClFN3O. The van der Waals surface area contributed by atoms with E-state index in [0.29, 0.717) is 23.8 Å². The summed E-state index contributed by atoms with van der Waals surface area (Å²) in [5.41, 5.74) is 2.63. The van der Waals surface area contributed by atoms with Gasteiger partial charge in [-0.25, -0.2) is 9.37 Å². The average molecular weight is 358 g/mol. The van der Waals surface area contributed by atoms with Gasteiger partial charge in [0.2, 0.25) is 5.91 Å². The minimum atomic E-state index is -0.261. The molecule has 3 aromatic rings. The van der Waals surface area contributed by atoms with E-state index in [9.17, 15) is 9.18 Å². The van der Waals surface area contributed by atoms with Crippen LogP contribution in [0.25, 0.3) is 11.4 Å². The van der Waals surface area contributed by atoms with Gasteiger partial charge in [0.25, 0.3) is 0 Å². The van der Waals surface area contributed by atoms with Crippen molar-refractivity contribution in [1.29, 1.82) is 0 Å². The molecule has 0 saturated carbocycles. The third kappa shape index (κ3) is 4.90. The van der Waals surface area contributed by atoms with Crippen LogP contribution in [-0.4, -0.2) is 22.4 Å². The number of hydrogen-bond donors (Lipinski definition) is 2. The number of carbonyl (C=O) groups excluding carboxylic acids is 1. The number of amides is 1. The topological polar surface area (TPSA) is 57.8 Å². The number of nitrogens with one attached hydrogen (secondary N) is 2. The van der Waals surface area contributed by atoms with E-state index in [2.05, 4.69) is 15.3 Å². The van der Waals surface area contributed by atoms with Crippen LogP contribution in [-0.2, 0) is 17.6 Å². The Labute approximate surface area is 150 Å².